The van der Waals surface area contributed by atoms with Gasteiger partial charge in [-0.2, -0.15) is 0 Å². The van der Waals surface area contributed by atoms with E-state index in [1.807, 2.05) is 0 Å². The maximum atomic E-state index is 12.2. The van der Waals surface area contributed by atoms with Gasteiger partial charge >= 0.3 is 11.7 Å². The number of sulfonamides is 1. The quantitative estimate of drug-likeness (QED) is 0.559. The van der Waals surface area contributed by atoms with Crippen molar-refractivity contribution in [2.45, 2.75) is 17.7 Å². The molecule has 2 N–H and O–H groups in total. The number of carboxylic acids is 1. The Hall–Kier alpha value is -2.20. The molecule has 0 aliphatic rings. The van der Waals surface area contributed by atoms with Crippen LogP contribution in [0.5, 0.6) is 5.75 Å². The second kappa shape index (κ2) is 6.50. The molecular formula is C11H14N2O7S. The lowest BCUT2D eigenvalue weighted by Gasteiger charge is -2.16. The van der Waals surface area contributed by atoms with E-state index >= 15 is 0 Å². The van der Waals surface area contributed by atoms with Gasteiger partial charge in [-0.15, -0.1) is 0 Å². The highest BCUT2D eigenvalue weighted by molar-refractivity contribution is 7.89. The van der Waals surface area contributed by atoms with Gasteiger partial charge < -0.3 is 10.2 Å². The number of nitro groups is 1. The molecule has 0 heterocycles. The number of rotatable bonds is 7. The van der Waals surface area contributed by atoms with E-state index in [1.165, 1.54) is 7.05 Å². The van der Waals surface area contributed by atoms with Gasteiger partial charge in [-0.25, -0.2) is 12.7 Å². The van der Waals surface area contributed by atoms with E-state index in [0.29, 0.717) is 0 Å². The summed E-state index contributed by atoms with van der Waals surface area (Å²) >= 11 is 0. The third kappa shape index (κ3) is 4.13. The third-order valence-electron chi connectivity index (χ3n) is 2.72. The highest BCUT2D eigenvalue weighted by atomic mass is 32.2. The summed E-state index contributed by atoms with van der Waals surface area (Å²) in [6, 6.07) is 2.74. The Labute approximate surface area is 120 Å². The Balaban J connectivity index is 2.99. The van der Waals surface area contributed by atoms with E-state index in [1.54, 1.807) is 0 Å². The summed E-state index contributed by atoms with van der Waals surface area (Å²) in [6.07, 6.45) is -0.0686. The molecule has 0 fully saturated rings. The first-order valence-corrected chi connectivity index (χ1v) is 7.26. The van der Waals surface area contributed by atoms with Gasteiger partial charge in [-0.05, 0) is 18.6 Å². The fourth-order valence-corrected chi connectivity index (χ4v) is 2.79. The van der Waals surface area contributed by atoms with E-state index in [0.717, 1.165) is 22.5 Å². The molecule has 0 spiro atoms. The Morgan fingerprint density at radius 2 is 2.05 bits per heavy atom. The van der Waals surface area contributed by atoms with Gasteiger partial charge in [0, 0.05) is 26.1 Å². The normalized spacial score (nSPS) is 11.5. The molecule has 10 heteroatoms. The average Bonchev–Trinajstić information content (AvgIpc) is 2.37. The molecule has 0 bridgehead atoms. The van der Waals surface area contributed by atoms with Crippen LogP contribution in [0.1, 0.15) is 12.8 Å². The first-order valence-electron chi connectivity index (χ1n) is 5.82. The smallest absolute Gasteiger partial charge is 0.312 e. The number of nitrogens with zero attached hydrogens (tertiary/aromatic N) is 2. The molecule has 1 aromatic carbocycles. The molecule has 0 saturated carbocycles. The highest BCUT2D eigenvalue weighted by Crippen LogP contribution is 2.29. The van der Waals surface area contributed by atoms with Crippen molar-refractivity contribution in [3.05, 3.63) is 28.3 Å². The van der Waals surface area contributed by atoms with Crippen molar-refractivity contribution in [3.8, 4) is 5.75 Å². The van der Waals surface area contributed by atoms with E-state index < -0.39 is 32.4 Å². The topological polar surface area (TPSA) is 138 Å². The number of aliphatic carboxylic acids is 1. The lowest BCUT2D eigenvalue weighted by atomic mass is 10.3. The van der Waals surface area contributed by atoms with E-state index in [4.69, 9.17) is 5.11 Å². The molecule has 1 aromatic rings. The molecule has 116 valence electrons. The van der Waals surface area contributed by atoms with Crippen LogP contribution in [0, 0.1) is 10.1 Å². The molecule has 1 rings (SSSR count). The van der Waals surface area contributed by atoms with Crippen LogP contribution >= 0.6 is 0 Å². The van der Waals surface area contributed by atoms with Crippen LogP contribution in [-0.2, 0) is 14.8 Å². The summed E-state index contributed by atoms with van der Waals surface area (Å²) in [6.45, 7) is -0.0384. The number of carboxylic acid groups (broad SMARTS) is 1. The zero-order chi connectivity index (χ0) is 16.2. The minimum Gasteiger partial charge on any atom is -0.502 e. The number of hydrogen-bond donors (Lipinski definition) is 2. The molecule has 21 heavy (non-hydrogen) atoms. The zero-order valence-corrected chi connectivity index (χ0v) is 11.9. The molecule has 0 amide bonds. The standard InChI is InChI=1S/C11H14N2O7S/c1-12(6-2-3-11(15)16)21(19,20)8-4-5-10(14)9(7-8)13(17)18/h4-5,7,14H,2-3,6H2,1H3,(H,15,16). The monoisotopic (exact) mass is 318 g/mol. The molecule has 0 radical (unpaired) electrons. The van der Waals surface area contributed by atoms with Crippen LogP contribution in [-0.4, -0.2) is 47.4 Å². The lowest BCUT2D eigenvalue weighted by molar-refractivity contribution is -0.386. The van der Waals surface area contributed by atoms with Crippen molar-refractivity contribution in [2.75, 3.05) is 13.6 Å². The predicted molar refractivity (Wildman–Crippen MR) is 71.4 cm³/mol. The summed E-state index contributed by atoms with van der Waals surface area (Å²) in [5, 5.41) is 28.5. The predicted octanol–water partition coefficient (Wildman–Crippen LogP) is 0.786. The number of hydrogen-bond acceptors (Lipinski definition) is 6. The number of phenolic OH excluding ortho intramolecular Hbond substituents is 1. The van der Waals surface area contributed by atoms with Crippen LogP contribution in [0.4, 0.5) is 5.69 Å². The van der Waals surface area contributed by atoms with E-state index in [-0.39, 0.29) is 24.3 Å². The van der Waals surface area contributed by atoms with Crippen molar-refractivity contribution in [1.29, 1.82) is 0 Å². The molecule has 0 aliphatic carbocycles. The summed E-state index contributed by atoms with van der Waals surface area (Å²) in [7, 11) is -2.74. The van der Waals surface area contributed by atoms with Gasteiger partial charge in [0.25, 0.3) is 0 Å². The Morgan fingerprint density at radius 3 is 2.57 bits per heavy atom. The number of carbonyl (C=O) groups is 1. The van der Waals surface area contributed by atoms with Gasteiger partial charge in [0.2, 0.25) is 10.0 Å². The SMILES string of the molecule is CN(CCCC(=O)O)S(=O)(=O)c1ccc(O)c([N+](=O)[O-])c1. The van der Waals surface area contributed by atoms with Gasteiger partial charge in [0.15, 0.2) is 5.75 Å². The van der Waals surface area contributed by atoms with Crippen LogP contribution in [0.2, 0.25) is 0 Å². The number of phenols is 1. The molecule has 0 aromatic heterocycles. The largest absolute Gasteiger partial charge is 0.502 e. The molecule has 0 atom stereocenters. The second-order valence-corrected chi connectivity index (χ2v) is 6.28. The maximum absolute atomic E-state index is 12.2. The Morgan fingerprint density at radius 1 is 1.43 bits per heavy atom. The summed E-state index contributed by atoms with van der Waals surface area (Å²) < 4.78 is 25.2. The summed E-state index contributed by atoms with van der Waals surface area (Å²) in [4.78, 5) is 19.8. The molecular weight excluding hydrogens is 304 g/mol. The summed E-state index contributed by atoms with van der Waals surface area (Å²) in [5.74, 6) is -1.67. The first-order chi connectivity index (χ1) is 9.66. The van der Waals surface area contributed by atoms with Crippen molar-refractivity contribution in [1.82, 2.24) is 4.31 Å². The van der Waals surface area contributed by atoms with Gasteiger partial charge in [0.05, 0.1) is 9.82 Å². The van der Waals surface area contributed by atoms with Crippen LogP contribution < -0.4 is 0 Å². The fraction of sp³-hybridized carbons (Fsp3) is 0.364. The molecule has 0 aliphatic heterocycles. The van der Waals surface area contributed by atoms with Crippen LogP contribution in [0.3, 0.4) is 0 Å². The molecule has 0 unspecified atom stereocenters. The Bertz CT molecular complexity index is 657. The lowest BCUT2D eigenvalue weighted by Crippen LogP contribution is -2.28. The maximum Gasteiger partial charge on any atom is 0.312 e. The van der Waals surface area contributed by atoms with E-state index in [2.05, 4.69) is 0 Å². The highest BCUT2D eigenvalue weighted by Gasteiger charge is 2.24. The van der Waals surface area contributed by atoms with Gasteiger partial charge in [-0.1, -0.05) is 0 Å². The van der Waals surface area contributed by atoms with Crippen LogP contribution in [0.25, 0.3) is 0 Å². The van der Waals surface area contributed by atoms with Crippen LogP contribution in [0.15, 0.2) is 23.1 Å². The van der Waals surface area contributed by atoms with Crippen molar-refractivity contribution in [3.63, 3.8) is 0 Å². The first kappa shape index (κ1) is 16.9. The number of benzene rings is 1. The van der Waals surface area contributed by atoms with Crippen molar-refractivity contribution < 1.29 is 28.3 Å². The average molecular weight is 318 g/mol. The molecule has 9 nitrogen and oxygen atoms in total. The number of aromatic hydroxyl groups is 1. The van der Waals surface area contributed by atoms with Gasteiger partial charge in [-0.3, -0.25) is 14.9 Å². The zero-order valence-electron chi connectivity index (χ0n) is 11.1. The third-order valence-corrected chi connectivity index (χ3v) is 4.57. The minimum atomic E-state index is -3.98. The van der Waals surface area contributed by atoms with Crippen molar-refractivity contribution in [2.24, 2.45) is 0 Å². The minimum absolute atomic E-state index is 0.0384. The summed E-state index contributed by atoms with van der Waals surface area (Å²) in [5.41, 5.74) is -0.713. The second-order valence-electron chi connectivity index (χ2n) is 4.23. The fourth-order valence-electron chi connectivity index (χ4n) is 1.56. The molecule has 0 saturated heterocycles. The van der Waals surface area contributed by atoms with Crippen molar-refractivity contribution >= 4 is 21.7 Å². The van der Waals surface area contributed by atoms with Gasteiger partial charge in [0.1, 0.15) is 0 Å². The van der Waals surface area contributed by atoms with E-state index in [9.17, 15) is 28.4 Å². The number of nitro benzene ring substituents is 1. The Kier molecular flexibility index (Phi) is 5.22.